The van der Waals surface area contributed by atoms with Crippen LogP contribution in [0.2, 0.25) is 0 Å². The maximum Gasteiger partial charge on any atom is 0.269 e. The van der Waals surface area contributed by atoms with Crippen LogP contribution in [0.3, 0.4) is 0 Å². The number of aromatic nitrogens is 2. The molecule has 0 unspecified atom stereocenters. The molecule has 3 aromatic rings. The molecular weight excluding hydrogens is 296 g/mol. The van der Waals surface area contributed by atoms with Gasteiger partial charge >= 0.3 is 0 Å². The van der Waals surface area contributed by atoms with Crippen LogP contribution in [0.1, 0.15) is 16.1 Å². The van der Waals surface area contributed by atoms with Gasteiger partial charge in [-0.2, -0.15) is 4.37 Å². The number of nitrogens with one attached hydrogen (secondary N) is 2. The van der Waals surface area contributed by atoms with Crippen LogP contribution in [0.15, 0.2) is 42.6 Å². The van der Waals surface area contributed by atoms with Crippen molar-refractivity contribution in [2.24, 2.45) is 0 Å². The highest BCUT2D eigenvalue weighted by Crippen LogP contribution is 2.25. The van der Waals surface area contributed by atoms with Crippen molar-refractivity contribution in [3.05, 3.63) is 53.9 Å². The lowest BCUT2D eigenvalue weighted by molar-refractivity contribution is 0.0950. The summed E-state index contributed by atoms with van der Waals surface area (Å²) >= 11 is 1.47. The second-order valence-corrected chi connectivity index (χ2v) is 5.74. The van der Waals surface area contributed by atoms with Crippen LogP contribution >= 0.6 is 11.5 Å². The molecule has 0 radical (unpaired) electrons. The van der Waals surface area contributed by atoms with Gasteiger partial charge in [-0.15, -0.1) is 0 Å². The van der Waals surface area contributed by atoms with E-state index in [0.717, 1.165) is 21.5 Å². The number of hydrogen-bond acceptors (Lipinski definition) is 5. The van der Waals surface area contributed by atoms with Crippen molar-refractivity contribution < 1.29 is 4.79 Å². The highest BCUT2D eigenvalue weighted by molar-refractivity contribution is 7.13. The number of fused-ring (bicyclic) bond motifs is 1. The molecule has 0 saturated heterocycles. The van der Waals surface area contributed by atoms with E-state index in [2.05, 4.69) is 20.0 Å². The molecule has 1 amide bonds. The second-order valence-electron chi connectivity index (χ2n) is 4.93. The van der Waals surface area contributed by atoms with Crippen molar-refractivity contribution in [2.75, 3.05) is 18.4 Å². The fraction of sp³-hybridized carbons (Fsp3) is 0.188. The molecule has 0 aliphatic rings. The molecule has 0 bridgehead atoms. The SMILES string of the molecule is Cc1ccc(C(=O)NCCNc2nsc3ccccc23)nc1. The van der Waals surface area contributed by atoms with Gasteiger partial charge in [0.1, 0.15) is 11.5 Å². The Labute approximate surface area is 132 Å². The summed E-state index contributed by atoms with van der Waals surface area (Å²) in [5.74, 6) is 0.702. The van der Waals surface area contributed by atoms with Crippen LogP contribution in [0.4, 0.5) is 5.82 Å². The Kier molecular flexibility index (Phi) is 4.29. The Morgan fingerprint density at radius 2 is 2.05 bits per heavy atom. The molecule has 0 aliphatic heterocycles. The molecule has 0 atom stereocenters. The fourth-order valence-electron chi connectivity index (χ4n) is 2.06. The maximum absolute atomic E-state index is 11.9. The van der Waals surface area contributed by atoms with E-state index in [1.54, 1.807) is 12.3 Å². The lowest BCUT2D eigenvalue weighted by Gasteiger charge is -2.06. The molecule has 3 rings (SSSR count). The van der Waals surface area contributed by atoms with Gasteiger partial charge in [0.15, 0.2) is 0 Å². The lowest BCUT2D eigenvalue weighted by Crippen LogP contribution is -2.29. The molecule has 5 nitrogen and oxygen atoms in total. The zero-order valence-electron chi connectivity index (χ0n) is 12.2. The molecule has 0 aliphatic carbocycles. The highest BCUT2D eigenvalue weighted by atomic mass is 32.1. The first-order chi connectivity index (χ1) is 10.7. The molecule has 0 saturated carbocycles. The van der Waals surface area contributed by atoms with Gasteiger partial charge in [-0.05, 0) is 42.2 Å². The Morgan fingerprint density at radius 3 is 2.86 bits per heavy atom. The Hall–Kier alpha value is -2.47. The normalized spacial score (nSPS) is 10.6. The van der Waals surface area contributed by atoms with Gasteiger partial charge in [-0.3, -0.25) is 9.78 Å². The summed E-state index contributed by atoms with van der Waals surface area (Å²) in [4.78, 5) is 16.0. The molecule has 1 aromatic carbocycles. The number of pyridine rings is 1. The molecule has 2 N–H and O–H groups in total. The molecule has 112 valence electrons. The highest BCUT2D eigenvalue weighted by Gasteiger charge is 2.07. The van der Waals surface area contributed by atoms with Gasteiger partial charge in [0.05, 0.1) is 4.70 Å². The first-order valence-corrected chi connectivity index (χ1v) is 7.80. The van der Waals surface area contributed by atoms with E-state index in [0.29, 0.717) is 18.8 Å². The van der Waals surface area contributed by atoms with E-state index >= 15 is 0 Å². The number of anilines is 1. The quantitative estimate of drug-likeness (QED) is 0.711. The Bertz CT molecular complexity index is 782. The number of benzene rings is 1. The first kappa shape index (κ1) is 14.5. The fourth-order valence-corrected chi connectivity index (χ4v) is 2.82. The van der Waals surface area contributed by atoms with Gasteiger partial charge in [-0.25, -0.2) is 0 Å². The Balaban J connectivity index is 1.51. The van der Waals surface area contributed by atoms with Crippen LogP contribution in [0, 0.1) is 6.92 Å². The van der Waals surface area contributed by atoms with E-state index < -0.39 is 0 Å². The van der Waals surface area contributed by atoms with Crippen molar-refractivity contribution in [3.8, 4) is 0 Å². The number of carbonyl (C=O) groups is 1. The summed E-state index contributed by atoms with van der Waals surface area (Å²) < 4.78 is 5.54. The monoisotopic (exact) mass is 312 g/mol. The smallest absolute Gasteiger partial charge is 0.269 e. The van der Waals surface area contributed by atoms with Crippen LogP contribution in [-0.2, 0) is 0 Å². The lowest BCUT2D eigenvalue weighted by atomic mass is 10.2. The predicted molar refractivity (Wildman–Crippen MR) is 89.4 cm³/mol. The molecule has 22 heavy (non-hydrogen) atoms. The van der Waals surface area contributed by atoms with Crippen LogP contribution in [0.25, 0.3) is 10.1 Å². The van der Waals surface area contributed by atoms with Crippen molar-refractivity contribution in [1.29, 1.82) is 0 Å². The summed E-state index contributed by atoms with van der Waals surface area (Å²) in [6.07, 6.45) is 1.69. The number of amides is 1. The van der Waals surface area contributed by atoms with Crippen LogP contribution in [0.5, 0.6) is 0 Å². The number of aryl methyl sites for hydroxylation is 1. The van der Waals surface area contributed by atoms with Crippen LogP contribution < -0.4 is 10.6 Å². The topological polar surface area (TPSA) is 66.9 Å². The Morgan fingerprint density at radius 1 is 1.18 bits per heavy atom. The van der Waals surface area contributed by atoms with E-state index in [9.17, 15) is 4.79 Å². The molecule has 0 fully saturated rings. The summed E-state index contributed by atoms with van der Waals surface area (Å²) in [5.41, 5.74) is 1.47. The average Bonchev–Trinajstić information content (AvgIpc) is 2.95. The van der Waals surface area contributed by atoms with Gasteiger partial charge < -0.3 is 10.6 Å². The van der Waals surface area contributed by atoms with Crippen molar-refractivity contribution in [1.82, 2.24) is 14.7 Å². The standard InChI is InChI=1S/C16H16N4OS/c1-11-6-7-13(19-10-11)16(21)18-9-8-17-15-12-4-2-3-5-14(12)22-20-15/h2-7,10H,8-9H2,1H3,(H,17,20)(H,18,21). The molecule has 6 heteroatoms. The van der Waals surface area contributed by atoms with Gasteiger partial charge in [0.2, 0.25) is 0 Å². The van der Waals surface area contributed by atoms with Gasteiger partial charge in [-0.1, -0.05) is 18.2 Å². The minimum absolute atomic E-state index is 0.162. The maximum atomic E-state index is 11.9. The number of hydrogen-bond donors (Lipinski definition) is 2. The third kappa shape index (κ3) is 3.23. The van der Waals surface area contributed by atoms with Crippen molar-refractivity contribution in [2.45, 2.75) is 6.92 Å². The predicted octanol–water partition coefficient (Wildman–Crippen LogP) is 2.84. The minimum atomic E-state index is -0.162. The molecular formula is C16H16N4OS. The van der Waals surface area contributed by atoms with E-state index in [1.807, 2.05) is 37.3 Å². The first-order valence-electron chi connectivity index (χ1n) is 7.03. The molecule has 0 spiro atoms. The van der Waals surface area contributed by atoms with E-state index in [-0.39, 0.29) is 5.91 Å². The van der Waals surface area contributed by atoms with Crippen molar-refractivity contribution in [3.63, 3.8) is 0 Å². The summed E-state index contributed by atoms with van der Waals surface area (Å²) in [5, 5.41) is 7.20. The largest absolute Gasteiger partial charge is 0.367 e. The average molecular weight is 312 g/mol. The molecule has 2 heterocycles. The third-order valence-corrected chi connectivity index (χ3v) is 4.05. The van der Waals surface area contributed by atoms with Crippen LogP contribution in [-0.4, -0.2) is 28.4 Å². The number of nitrogens with zero attached hydrogens (tertiary/aromatic N) is 2. The van der Waals surface area contributed by atoms with Gasteiger partial charge in [0, 0.05) is 24.7 Å². The third-order valence-electron chi connectivity index (χ3n) is 3.22. The summed E-state index contributed by atoms with van der Waals surface area (Å²) in [6.45, 7) is 3.07. The number of rotatable bonds is 5. The summed E-state index contributed by atoms with van der Waals surface area (Å²) in [6, 6.07) is 11.7. The molecule has 2 aromatic heterocycles. The van der Waals surface area contributed by atoms with E-state index in [4.69, 9.17) is 0 Å². The number of carbonyl (C=O) groups excluding carboxylic acids is 1. The van der Waals surface area contributed by atoms with Crippen molar-refractivity contribution >= 4 is 33.3 Å². The second kappa shape index (κ2) is 6.53. The zero-order chi connectivity index (χ0) is 15.4. The summed E-state index contributed by atoms with van der Waals surface area (Å²) in [7, 11) is 0. The minimum Gasteiger partial charge on any atom is -0.367 e. The zero-order valence-corrected chi connectivity index (χ0v) is 13.0. The van der Waals surface area contributed by atoms with E-state index in [1.165, 1.54) is 11.5 Å². The van der Waals surface area contributed by atoms with Gasteiger partial charge in [0.25, 0.3) is 5.91 Å².